The quantitative estimate of drug-likeness (QED) is 0.561. The number of hydrogen-bond donors (Lipinski definition) is 1. The Hall–Kier alpha value is -2.47. The third-order valence-electron chi connectivity index (χ3n) is 7.34. The number of para-hydroxylation sites is 1. The van der Waals surface area contributed by atoms with Crippen molar-refractivity contribution in [1.29, 1.82) is 0 Å². The van der Waals surface area contributed by atoms with Gasteiger partial charge in [-0.3, -0.25) is 0 Å². The molecule has 1 fully saturated rings. The first-order chi connectivity index (χ1) is 16.0. The zero-order valence-corrected chi connectivity index (χ0v) is 20.3. The smallest absolute Gasteiger partial charge is 0.0920 e. The Labute approximate surface area is 199 Å². The van der Waals surface area contributed by atoms with Gasteiger partial charge in [-0.1, -0.05) is 48.5 Å². The average molecular weight is 461 g/mol. The monoisotopic (exact) mass is 460 g/mol. The Morgan fingerprint density at radius 3 is 2.33 bits per heavy atom. The van der Waals surface area contributed by atoms with Gasteiger partial charge in [0.05, 0.1) is 37.6 Å². The molecule has 2 aliphatic rings. The molecular formula is C28H32N2O2S. The second-order valence-corrected chi connectivity index (χ2v) is 10.8. The maximum atomic E-state index is 13.3. The van der Waals surface area contributed by atoms with Gasteiger partial charge in [0.15, 0.2) is 0 Å². The highest BCUT2D eigenvalue weighted by Crippen LogP contribution is 2.44. The van der Waals surface area contributed by atoms with E-state index in [2.05, 4.69) is 35.8 Å². The van der Waals surface area contributed by atoms with Gasteiger partial charge in [0.1, 0.15) is 0 Å². The molecule has 33 heavy (non-hydrogen) atoms. The molecule has 3 aromatic rings. The van der Waals surface area contributed by atoms with E-state index < -0.39 is 16.4 Å². The van der Waals surface area contributed by atoms with Gasteiger partial charge in [-0.15, -0.1) is 0 Å². The van der Waals surface area contributed by atoms with Gasteiger partial charge in [0.25, 0.3) is 0 Å². The van der Waals surface area contributed by atoms with E-state index in [1.54, 1.807) is 0 Å². The molecule has 0 aromatic heterocycles. The van der Waals surface area contributed by atoms with Gasteiger partial charge in [-0.25, -0.2) is 4.21 Å². The predicted octanol–water partition coefficient (Wildman–Crippen LogP) is 5.30. The number of nitrogens with zero attached hydrogens (tertiary/aromatic N) is 2. The second-order valence-electron chi connectivity index (χ2n) is 9.34. The Balaban J connectivity index is 1.29. The fraction of sp³-hybridized carbons (Fsp3) is 0.357. The summed E-state index contributed by atoms with van der Waals surface area (Å²) in [6.45, 7) is 7.94. The van der Waals surface area contributed by atoms with Crippen LogP contribution >= 0.6 is 0 Å². The van der Waals surface area contributed by atoms with E-state index in [0.29, 0.717) is 0 Å². The summed E-state index contributed by atoms with van der Waals surface area (Å²) in [5.41, 5.74) is 4.94. The number of rotatable bonds is 5. The molecule has 0 aliphatic carbocycles. The van der Waals surface area contributed by atoms with Crippen LogP contribution in [0.25, 0.3) is 0 Å². The molecular weight excluding hydrogens is 428 g/mol. The van der Waals surface area contributed by atoms with Gasteiger partial charge >= 0.3 is 0 Å². The first kappa shape index (κ1) is 22.3. The second kappa shape index (κ2) is 9.05. The molecule has 0 bridgehead atoms. The van der Waals surface area contributed by atoms with E-state index in [-0.39, 0.29) is 0 Å². The molecule has 3 aromatic carbocycles. The van der Waals surface area contributed by atoms with Crippen molar-refractivity contribution < 1.29 is 9.32 Å². The number of piperidine rings is 1. The first-order valence-electron chi connectivity index (χ1n) is 11.9. The van der Waals surface area contributed by atoms with Gasteiger partial charge in [0.2, 0.25) is 0 Å². The molecule has 2 aliphatic heterocycles. The lowest BCUT2D eigenvalue weighted by Crippen LogP contribution is -2.43. The van der Waals surface area contributed by atoms with E-state index in [1.165, 1.54) is 11.1 Å². The van der Waals surface area contributed by atoms with Crippen LogP contribution in [-0.2, 0) is 16.4 Å². The highest BCUT2D eigenvalue weighted by molar-refractivity contribution is 7.85. The highest BCUT2D eigenvalue weighted by atomic mass is 32.2. The van der Waals surface area contributed by atoms with Crippen LogP contribution in [0.15, 0.2) is 76.5 Å². The number of fused-ring (bicyclic) bond motifs is 2. The van der Waals surface area contributed by atoms with Crippen LogP contribution in [0.3, 0.4) is 0 Å². The molecule has 172 valence electrons. The van der Waals surface area contributed by atoms with Crippen LogP contribution in [-0.4, -0.2) is 40.4 Å². The van der Waals surface area contributed by atoms with Crippen molar-refractivity contribution in [2.45, 2.75) is 48.5 Å². The van der Waals surface area contributed by atoms with E-state index in [4.69, 9.17) is 0 Å². The summed E-state index contributed by atoms with van der Waals surface area (Å²) in [7, 11) is -1.15. The number of benzene rings is 3. The molecule has 0 saturated carbocycles. The molecule has 5 rings (SSSR count). The van der Waals surface area contributed by atoms with Crippen molar-refractivity contribution in [3.63, 3.8) is 0 Å². The van der Waals surface area contributed by atoms with Crippen LogP contribution in [0.2, 0.25) is 0 Å². The van der Waals surface area contributed by atoms with Gasteiger partial charge in [0, 0.05) is 19.6 Å². The number of likely N-dealkylation sites (tertiary alicyclic amines) is 1. The number of hydrogen-bond acceptors (Lipinski definition) is 4. The molecule has 2 heterocycles. The SMILES string of the molecule is Cc1ccc2c(c1C)N(CCCN1CCC(O)(c3ccccc3)CC1)c1ccccc1S2=O. The summed E-state index contributed by atoms with van der Waals surface area (Å²) in [5.74, 6) is 0. The molecule has 0 spiro atoms. The summed E-state index contributed by atoms with van der Waals surface area (Å²) in [5, 5.41) is 11.1. The maximum Gasteiger partial charge on any atom is 0.0920 e. The lowest BCUT2D eigenvalue weighted by atomic mass is 9.84. The summed E-state index contributed by atoms with van der Waals surface area (Å²) >= 11 is 0. The van der Waals surface area contributed by atoms with Crippen LogP contribution in [0.1, 0.15) is 36.0 Å². The first-order valence-corrected chi connectivity index (χ1v) is 13.0. The van der Waals surface area contributed by atoms with E-state index >= 15 is 0 Å². The molecule has 0 radical (unpaired) electrons. The number of aliphatic hydroxyl groups is 1. The fourth-order valence-corrected chi connectivity index (χ4v) is 6.64. The predicted molar refractivity (Wildman–Crippen MR) is 135 cm³/mol. The lowest BCUT2D eigenvalue weighted by molar-refractivity contribution is -0.0258. The normalized spacial score (nSPS) is 19.7. The third kappa shape index (κ3) is 4.14. The summed E-state index contributed by atoms with van der Waals surface area (Å²) in [6, 6.07) is 22.3. The number of aryl methyl sites for hydroxylation is 1. The van der Waals surface area contributed by atoms with Crippen molar-refractivity contribution in [2.24, 2.45) is 0 Å². The van der Waals surface area contributed by atoms with E-state index in [1.807, 2.05) is 54.6 Å². The van der Waals surface area contributed by atoms with Crippen molar-refractivity contribution in [3.05, 3.63) is 83.4 Å². The lowest BCUT2D eigenvalue weighted by Gasteiger charge is -2.39. The molecule has 1 atom stereocenters. The van der Waals surface area contributed by atoms with Crippen LogP contribution in [0, 0.1) is 13.8 Å². The minimum absolute atomic E-state index is 0.707. The van der Waals surface area contributed by atoms with Crippen molar-refractivity contribution >= 4 is 22.2 Å². The molecule has 1 saturated heterocycles. The van der Waals surface area contributed by atoms with Crippen molar-refractivity contribution in [1.82, 2.24) is 4.90 Å². The molecule has 0 amide bonds. The van der Waals surface area contributed by atoms with E-state index in [0.717, 1.165) is 72.2 Å². The molecule has 5 heteroatoms. The Morgan fingerprint density at radius 1 is 0.879 bits per heavy atom. The standard InChI is InChI=1S/C28H32N2O2S/c1-21-13-14-26-27(22(21)2)30(24-11-6-7-12-25(24)33(26)32)18-8-17-29-19-15-28(31,16-20-29)23-9-4-3-5-10-23/h3-7,9-14,31H,8,15-20H2,1-2H3. The van der Waals surface area contributed by atoms with Gasteiger partial charge in [-0.2, -0.15) is 0 Å². The summed E-state index contributed by atoms with van der Waals surface area (Å²) in [6.07, 6.45) is 2.55. The summed E-state index contributed by atoms with van der Waals surface area (Å²) in [4.78, 5) is 6.66. The van der Waals surface area contributed by atoms with Gasteiger partial charge in [-0.05, 0) is 74.5 Å². The van der Waals surface area contributed by atoms with Crippen LogP contribution in [0.4, 0.5) is 11.4 Å². The van der Waals surface area contributed by atoms with Gasteiger partial charge < -0.3 is 14.9 Å². The average Bonchev–Trinajstić information content (AvgIpc) is 2.85. The summed E-state index contributed by atoms with van der Waals surface area (Å²) < 4.78 is 13.3. The highest BCUT2D eigenvalue weighted by Gasteiger charge is 2.34. The van der Waals surface area contributed by atoms with Crippen LogP contribution < -0.4 is 4.90 Å². The largest absolute Gasteiger partial charge is 0.385 e. The Morgan fingerprint density at radius 2 is 1.58 bits per heavy atom. The number of anilines is 2. The zero-order chi connectivity index (χ0) is 23.0. The fourth-order valence-electron chi connectivity index (χ4n) is 5.21. The molecule has 1 unspecified atom stereocenters. The minimum Gasteiger partial charge on any atom is -0.385 e. The van der Waals surface area contributed by atoms with Crippen molar-refractivity contribution in [3.8, 4) is 0 Å². The van der Waals surface area contributed by atoms with E-state index in [9.17, 15) is 9.32 Å². The molecule has 4 nitrogen and oxygen atoms in total. The minimum atomic E-state index is -1.15. The molecule has 1 N–H and O–H groups in total. The van der Waals surface area contributed by atoms with Crippen LogP contribution in [0.5, 0.6) is 0 Å². The van der Waals surface area contributed by atoms with Crippen molar-refractivity contribution in [2.75, 3.05) is 31.1 Å². The third-order valence-corrected chi connectivity index (χ3v) is 8.81. The zero-order valence-electron chi connectivity index (χ0n) is 19.5. The Bertz CT molecular complexity index is 1170. The topological polar surface area (TPSA) is 43.8 Å². The Kier molecular flexibility index (Phi) is 6.12. The maximum absolute atomic E-state index is 13.3.